The molecule has 2 amide bonds. The Hall–Kier alpha value is -4.54. The van der Waals surface area contributed by atoms with Gasteiger partial charge in [0, 0.05) is 30.1 Å². The lowest BCUT2D eigenvalue weighted by molar-refractivity contribution is -0.140. The number of nitrogens with one attached hydrogen (secondary N) is 1. The molecule has 1 atom stereocenters. The van der Waals surface area contributed by atoms with Crippen molar-refractivity contribution in [2.24, 2.45) is 0 Å². The molecule has 0 radical (unpaired) electrons. The highest BCUT2D eigenvalue weighted by atomic mass is 35.5. The Morgan fingerprint density at radius 3 is 2.09 bits per heavy atom. The van der Waals surface area contributed by atoms with Crippen molar-refractivity contribution >= 4 is 39.1 Å². The summed E-state index contributed by atoms with van der Waals surface area (Å²) in [5, 5.41) is 3.41. The average molecular weight is 664 g/mol. The molecule has 9 nitrogen and oxygen atoms in total. The first kappa shape index (κ1) is 34.3. The molecule has 242 valence electrons. The van der Waals surface area contributed by atoms with Gasteiger partial charge in [0.05, 0.1) is 24.8 Å². The Kier molecular flexibility index (Phi) is 11.7. The maximum Gasteiger partial charge on any atom is 0.264 e. The summed E-state index contributed by atoms with van der Waals surface area (Å²) in [5.41, 5.74) is 1.61. The molecule has 4 aromatic carbocycles. The first-order valence-corrected chi connectivity index (χ1v) is 16.5. The van der Waals surface area contributed by atoms with Crippen molar-refractivity contribution in [1.82, 2.24) is 10.2 Å². The molecule has 1 unspecified atom stereocenters. The Bertz CT molecular complexity index is 1740. The molecule has 0 saturated carbocycles. The third kappa shape index (κ3) is 8.58. The number of hydrogen-bond donors (Lipinski definition) is 1. The molecule has 0 spiro atoms. The molecule has 0 heterocycles. The number of amides is 2. The average Bonchev–Trinajstić information content (AvgIpc) is 3.05. The van der Waals surface area contributed by atoms with E-state index in [2.05, 4.69) is 5.32 Å². The quantitative estimate of drug-likeness (QED) is 0.185. The number of methoxy groups -OCH3 is 2. The van der Waals surface area contributed by atoms with E-state index in [4.69, 9.17) is 21.1 Å². The van der Waals surface area contributed by atoms with Crippen LogP contribution in [-0.4, -0.2) is 58.0 Å². The van der Waals surface area contributed by atoms with Gasteiger partial charge in [0.1, 0.15) is 24.1 Å². The Labute approximate surface area is 275 Å². The maximum atomic E-state index is 14.6. The van der Waals surface area contributed by atoms with Gasteiger partial charge in [-0.15, -0.1) is 0 Å². The van der Waals surface area contributed by atoms with E-state index in [1.165, 1.54) is 37.3 Å². The van der Waals surface area contributed by atoms with Crippen molar-refractivity contribution in [3.05, 3.63) is 119 Å². The van der Waals surface area contributed by atoms with Crippen molar-refractivity contribution in [2.75, 3.05) is 25.1 Å². The first-order chi connectivity index (χ1) is 22.0. The van der Waals surface area contributed by atoms with Crippen molar-refractivity contribution < 1.29 is 27.5 Å². The van der Waals surface area contributed by atoms with E-state index in [1.54, 1.807) is 54.6 Å². The smallest absolute Gasteiger partial charge is 0.264 e. The fourth-order valence-corrected chi connectivity index (χ4v) is 6.64. The van der Waals surface area contributed by atoms with E-state index < -0.39 is 28.5 Å². The molecule has 0 fully saturated rings. The number of anilines is 1. The highest BCUT2D eigenvalue weighted by Crippen LogP contribution is 2.36. The van der Waals surface area contributed by atoms with Gasteiger partial charge in [0.15, 0.2) is 0 Å². The lowest BCUT2D eigenvalue weighted by atomic mass is 10.0. The number of hydrogen-bond acceptors (Lipinski definition) is 6. The van der Waals surface area contributed by atoms with Crippen LogP contribution in [0.15, 0.2) is 108 Å². The lowest BCUT2D eigenvalue weighted by Gasteiger charge is -2.34. The number of carbonyl (C=O) groups excluding carboxylic acids is 2. The Morgan fingerprint density at radius 2 is 1.48 bits per heavy atom. The monoisotopic (exact) mass is 663 g/mol. The molecule has 0 aliphatic carbocycles. The van der Waals surface area contributed by atoms with Gasteiger partial charge in [-0.05, 0) is 61.4 Å². The molecule has 0 aliphatic rings. The molecular formula is C35H38ClN3O6S. The standard InChI is InChI=1S/C35H38ClN3O6S/c1-25(2)37-35(41)32(21-26-12-7-5-8-13-26)38(23-27-14-11-15-28(36)20-27)34(40)24-39(46(42,43)30-16-9-6-10-17-30)31-22-29(44-3)18-19-33(31)45-4/h5-20,22,25,32H,21,23-24H2,1-4H3,(H,37,41). The van der Waals surface area contributed by atoms with Crippen LogP contribution in [0.3, 0.4) is 0 Å². The topological polar surface area (TPSA) is 105 Å². The second kappa shape index (κ2) is 15.6. The van der Waals surface area contributed by atoms with Crippen LogP contribution in [0.1, 0.15) is 25.0 Å². The zero-order valence-electron chi connectivity index (χ0n) is 26.2. The minimum Gasteiger partial charge on any atom is -0.497 e. The number of benzene rings is 4. The maximum absolute atomic E-state index is 14.6. The molecule has 0 aliphatic heterocycles. The highest BCUT2D eigenvalue weighted by molar-refractivity contribution is 7.92. The van der Waals surface area contributed by atoms with Crippen LogP contribution in [0, 0.1) is 0 Å². The molecule has 0 bridgehead atoms. The van der Waals surface area contributed by atoms with E-state index >= 15 is 0 Å². The summed E-state index contributed by atoms with van der Waals surface area (Å²) in [5.74, 6) is -0.395. The Morgan fingerprint density at radius 1 is 0.826 bits per heavy atom. The summed E-state index contributed by atoms with van der Waals surface area (Å²) in [4.78, 5) is 29.8. The zero-order valence-corrected chi connectivity index (χ0v) is 27.8. The van der Waals surface area contributed by atoms with Crippen LogP contribution in [0.4, 0.5) is 5.69 Å². The van der Waals surface area contributed by atoms with Crippen molar-refractivity contribution in [2.45, 2.75) is 43.8 Å². The first-order valence-electron chi connectivity index (χ1n) is 14.7. The minimum atomic E-state index is -4.32. The van der Waals surface area contributed by atoms with Gasteiger partial charge in [0.2, 0.25) is 11.8 Å². The van der Waals surface area contributed by atoms with Gasteiger partial charge in [-0.2, -0.15) is 0 Å². The Balaban J connectivity index is 1.86. The van der Waals surface area contributed by atoms with Crippen LogP contribution >= 0.6 is 11.6 Å². The molecule has 0 saturated heterocycles. The summed E-state index contributed by atoms with van der Waals surface area (Å²) >= 11 is 6.31. The molecular weight excluding hydrogens is 626 g/mol. The van der Waals surface area contributed by atoms with Gasteiger partial charge in [-0.3, -0.25) is 13.9 Å². The van der Waals surface area contributed by atoms with E-state index in [1.807, 2.05) is 44.2 Å². The van der Waals surface area contributed by atoms with Crippen LogP contribution in [0.5, 0.6) is 11.5 Å². The zero-order chi connectivity index (χ0) is 33.3. The molecule has 4 rings (SSSR count). The number of nitrogens with zero attached hydrogens (tertiary/aromatic N) is 2. The second-order valence-corrected chi connectivity index (χ2v) is 13.2. The van der Waals surface area contributed by atoms with Crippen molar-refractivity contribution in [1.29, 1.82) is 0 Å². The minimum absolute atomic E-state index is 0.00310. The van der Waals surface area contributed by atoms with E-state index in [0.717, 1.165) is 9.87 Å². The van der Waals surface area contributed by atoms with E-state index in [9.17, 15) is 18.0 Å². The summed E-state index contributed by atoms with van der Waals surface area (Å²) < 4.78 is 40.5. The molecule has 1 N–H and O–H groups in total. The van der Waals surface area contributed by atoms with Crippen LogP contribution in [0.2, 0.25) is 5.02 Å². The van der Waals surface area contributed by atoms with Crippen LogP contribution < -0.4 is 19.1 Å². The van der Waals surface area contributed by atoms with Crippen molar-refractivity contribution in [3.63, 3.8) is 0 Å². The molecule has 46 heavy (non-hydrogen) atoms. The molecule has 4 aromatic rings. The summed E-state index contributed by atoms with van der Waals surface area (Å²) in [6.07, 6.45) is 0.194. The fraction of sp³-hybridized carbons (Fsp3) is 0.257. The normalized spacial score (nSPS) is 11.9. The van der Waals surface area contributed by atoms with E-state index in [-0.39, 0.29) is 41.2 Å². The number of ether oxygens (including phenoxy) is 2. The fourth-order valence-electron chi connectivity index (χ4n) is 4.99. The van der Waals surface area contributed by atoms with Gasteiger partial charge in [-0.25, -0.2) is 8.42 Å². The lowest BCUT2D eigenvalue weighted by Crippen LogP contribution is -2.54. The van der Waals surface area contributed by atoms with Crippen LogP contribution in [-0.2, 0) is 32.6 Å². The number of carbonyl (C=O) groups is 2. The number of sulfonamides is 1. The third-order valence-corrected chi connectivity index (χ3v) is 9.22. The van der Waals surface area contributed by atoms with Gasteiger partial charge >= 0.3 is 0 Å². The largest absolute Gasteiger partial charge is 0.497 e. The number of rotatable bonds is 14. The SMILES string of the molecule is COc1ccc(OC)c(N(CC(=O)N(Cc2cccc(Cl)c2)C(Cc2ccccc2)C(=O)NC(C)C)S(=O)(=O)c2ccccc2)c1. The third-order valence-electron chi connectivity index (χ3n) is 7.21. The van der Waals surface area contributed by atoms with Gasteiger partial charge < -0.3 is 19.7 Å². The number of halogens is 1. The van der Waals surface area contributed by atoms with Crippen molar-refractivity contribution in [3.8, 4) is 11.5 Å². The summed E-state index contributed by atoms with van der Waals surface area (Å²) in [7, 11) is -1.44. The highest BCUT2D eigenvalue weighted by Gasteiger charge is 2.36. The molecule has 0 aromatic heterocycles. The van der Waals surface area contributed by atoms with Gasteiger partial charge in [-0.1, -0.05) is 72.3 Å². The van der Waals surface area contributed by atoms with Crippen LogP contribution in [0.25, 0.3) is 0 Å². The predicted molar refractivity (Wildman–Crippen MR) is 180 cm³/mol. The summed E-state index contributed by atoms with van der Waals surface area (Å²) in [6, 6.07) is 27.7. The van der Waals surface area contributed by atoms with E-state index in [0.29, 0.717) is 16.3 Å². The summed E-state index contributed by atoms with van der Waals surface area (Å²) in [6.45, 7) is 3.03. The predicted octanol–water partition coefficient (Wildman–Crippen LogP) is 5.72. The second-order valence-electron chi connectivity index (χ2n) is 10.9. The van der Waals surface area contributed by atoms with Gasteiger partial charge in [0.25, 0.3) is 10.0 Å². The molecule has 11 heteroatoms.